The molecule has 2 aliphatic rings. The van der Waals surface area contributed by atoms with Crippen LogP contribution in [-0.2, 0) is 14.6 Å². The summed E-state index contributed by atoms with van der Waals surface area (Å²) in [7, 11) is -3.65. The predicted molar refractivity (Wildman–Crippen MR) is 90.6 cm³/mol. The molecule has 1 aliphatic carbocycles. The summed E-state index contributed by atoms with van der Waals surface area (Å²) in [6.07, 6.45) is 0.571. The van der Waals surface area contributed by atoms with Crippen molar-refractivity contribution in [2.45, 2.75) is 48.7 Å². The highest BCUT2D eigenvalue weighted by molar-refractivity contribution is 7.92. The number of hydrogen-bond acceptors (Lipinski definition) is 3. The second-order valence-corrected chi connectivity index (χ2v) is 9.58. The van der Waals surface area contributed by atoms with Crippen molar-refractivity contribution in [1.82, 2.24) is 4.90 Å². The minimum atomic E-state index is -3.65. The molecule has 1 saturated heterocycles. The highest BCUT2D eigenvalue weighted by Gasteiger charge is 2.45. The SMILES string of the molecule is Cc1ccc(S(=O)(=O)[C@@H]2CC[C@@H](C(=O)N3CCC(F)(F)C3)C2)c(Cl)c1. The van der Waals surface area contributed by atoms with Crippen molar-refractivity contribution in [1.29, 1.82) is 0 Å². The first-order valence-corrected chi connectivity index (χ1v) is 10.2. The first kappa shape index (κ1) is 18.6. The van der Waals surface area contributed by atoms with Gasteiger partial charge in [-0.15, -0.1) is 0 Å². The summed E-state index contributed by atoms with van der Waals surface area (Å²) in [5, 5.41) is -0.529. The van der Waals surface area contributed by atoms with Crippen molar-refractivity contribution in [3.05, 3.63) is 28.8 Å². The monoisotopic (exact) mass is 391 g/mol. The van der Waals surface area contributed by atoms with Crippen molar-refractivity contribution in [2.75, 3.05) is 13.1 Å². The van der Waals surface area contributed by atoms with Gasteiger partial charge in [0.25, 0.3) is 5.92 Å². The number of rotatable bonds is 3. The molecule has 0 aromatic heterocycles. The largest absolute Gasteiger partial charge is 0.336 e. The minimum Gasteiger partial charge on any atom is -0.336 e. The average molecular weight is 392 g/mol. The maximum Gasteiger partial charge on any atom is 0.267 e. The molecule has 0 radical (unpaired) electrons. The van der Waals surface area contributed by atoms with Crippen LogP contribution in [0, 0.1) is 12.8 Å². The Bertz CT molecular complexity index is 797. The van der Waals surface area contributed by atoms with Crippen molar-refractivity contribution < 1.29 is 22.0 Å². The molecule has 1 aliphatic heterocycles. The van der Waals surface area contributed by atoms with Crippen molar-refractivity contribution in [3.63, 3.8) is 0 Å². The third-order valence-corrected chi connectivity index (χ3v) is 7.75. The molecule has 2 fully saturated rings. The van der Waals surface area contributed by atoms with Gasteiger partial charge in [0, 0.05) is 18.9 Å². The van der Waals surface area contributed by atoms with E-state index in [1.54, 1.807) is 12.1 Å². The van der Waals surface area contributed by atoms with E-state index in [1.165, 1.54) is 11.0 Å². The van der Waals surface area contributed by atoms with Crippen LogP contribution in [0.2, 0.25) is 5.02 Å². The molecule has 1 aromatic carbocycles. The summed E-state index contributed by atoms with van der Waals surface area (Å²) in [4.78, 5) is 13.7. The van der Waals surface area contributed by atoms with E-state index in [0.717, 1.165) is 5.56 Å². The zero-order valence-corrected chi connectivity index (χ0v) is 15.4. The lowest BCUT2D eigenvalue weighted by Gasteiger charge is -2.20. The molecule has 4 nitrogen and oxygen atoms in total. The third kappa shape index (κ3) is 3.67. The number of nitrogens with zero attached hydrogens (tertiary/aromatic N) is 1. The van der Waals surface area contributed by atoms with Crippen LogP contribution in [0.25, 0.3) is 0 Å². The number of carbonyl (C=O) groups excluding carboxylic acids is 1. The Hall–Kier alpha value is -1.21. The first-order valence-electron chi connectivity index (χ1n) is 8.27. The molecule has 0 spiro atoms. The Morgan fingerprint density at radius 3 is 2.64 bits per heavy atom. The summed E-state index contributed by atoms with van der Waals surface area (Å²) in [5.41, 5.74) is 0.860. The quantitative estimate of drug-likeness (QED) is 0.792. The lowest BCUT2D eigenvalue weighted by Crippen LogP contribution is -2.35. The third-order valence-electron chi connectivity index (χ3n) is 5.05. The maximum absolute atomic E-state index is 13.3. The molecule has 1 heterocycles. The van der Waals surface area contributed by atoms with E-state index >= 15 is 0 Å². The zero-order valence-electron chi connectivity index (χ0n) is 13.8. The number of hydrogen-bond donors (Lipinski definition) is 0. The average Bonchev–Trinajstić information content (AvgIpc) is 3.13. The van der Waals surface area contributed by atoms with E-state index in [4.69, 9.17) is 11.6 Å². The Morgan fingerprint density at radius 2 is 2.04 bits per heavy atom. The number of benzene rings is 1. The maximum atomic E-state index is 13.3. The van der Waals surface area contributed by atoms with E-state index < -0.39 is 33.5 Å². The van der Waals surface area contributed by atoms with E-state index in [1.807, 2.05) is 6.92 Å². The summed E-state index contributed by atoms with van der Waals surface area (Å²) in [5.74, 6) is -3.71. The fourth-order valence-electron chi connectivity index (χ4n) is 3.64. The highest BCUT2D eigenvalue weighted by atomic mass is 35.5. The molecular formula is C17H20ClF2NO3S. The Morgan fingerprint density at radius 1 is 1.32 bits per heavy atom. The van der Waals surface area contributed by atoms with Crippen LogP contribution in [0.4, 0.5) is 8.78 Å². The lowest BCUT2D eigenvalue weighted by atomic mass is 10.1. The van der Waals surface area contributed by atoms with E-state index in [-0.39, 0.29) is 35.2 Å². The van der Waals surface area contributed by atoms with Crippen LogP contribution < -0.4 is 0 Å². The van der Waals surface area contributed by atoms with Gasteiger partial charge in [-0.3, -0.25) is 4.79 Å². The summed E-state index contributed by atoms with van der Waals surface area (Å²) < 4.78 is 52.3. The minimum absolute atomic E-state index is 0.0313. The molecular weight excluding hydrogens is 372 g/mol. The number of alkyl halides is 2. The molecule has 1 amide bonds. The van der Waals surface area contributed by atoms with Gasteiger partial charge in [-0.1, -0.05) is 17.7 Å². The summed E-state index contributed by atoms with van der Waals surface area (Å²) in [6, 6.07) is 4.77. The van der Waals surface area contributed by atoms with Crippen molar-refractivity contribution in [2.24, 2.45) is 5.92 Å². The van der Waals surface area contributed by atoms with Crippen LogP contribution in [0.3, 0.4) is 0 Å². The number of sulfone groups is 1. The summed E-state index contributed by atoms with van der Waals surface area (Å²) in [6.45, 7) is 1.28. The van der Waals surface area contributed by atoms with Gasteiger partial charge in [-0.25, -0.2) is 17.2 Å². The molecule has 25 heavy (non-hydrogen) atoms. The van der Waals surface area contributed by atoms with Gasteiger partial charge in [0.2, 0.25) is 5.91 Å². The lowest BCUT2D eigenvalue weighted by molar-refractivity contribution is -0.135. The summed E-state index contributed by atoms with van der Waals surface area (Å²) >= 11 is 6.09. The van der Waals surface area contributed by atoms with Crippen LogP contribution in [0.1, 0.15) is 31.2 Å². The van der Waals surface area contributed by atoms with Gasteiger partial charge in [0.05, 0.1) is 21.7 Å². The standard InChI is InChI=1S/C17H20ClF2NO3S/c1-11-2-5-15(14(18)8-11)25(23,24)13-4-3-12(9-13)16(22)21-7-6-17(19,20)10-21/h2,5,8,12-13H,3-4,6-7,9-10H2,1H3/t12-,13-/m1/s1. The molecule has 0 bridgehead atoms. The van der Waals surface area contributed by atoms with E-state index in [2.05, 4.69) is 0 Å². The Kier molecular flexibility index (Phi) is 4.83. The smallest absolute Gasteiger partial charge is 0.267 e. The van der Waals surface area contributed by atoms with Gasteiger partial charge in [-0.2, -0.15) is 0 Å². The predicted octanol–water partition coefficient (Wildman–Crippen LogP) is 3.46. The van der Waals surface area contributed by atoms with Crippen LogP contribution in [0.5, 0.6) is 0 Å². The molecule has 0 unspecified atom stereocenters. The van der Waals surface area contributed by atoms with Gasteiger partial charge < -0.3 is 4.90 Å². The normalized spacial score (nSPS) is 26.2. The van der Waals surface area contributed by atoms with Crippen LogP contribution >= 0.6 is 11.6 Å². The van der Waals surface area contributed by atoms with Crippen LogP contribution in [0.15, 0.2) is 23.1 Å². The first-order chi connectivity index (χ1) is 11.6. The topological polar surface area (TPSA) is 54.5 Å². The Balaban J connectivity index is 1.73. The molecule has 2 atom stereocenters. The molecule has 8 heteroatoms. The molecule has 1 aromatic rings. The number of aryl methyl sites for hydroxylation is 1. The van der Waals surface area contributed by atoms with Gasteiger partial charge in [0.1, 0.15) is 0 Å². The number of amides is 1. The van der Waals surface area contributed by atoms with Crippen LogP contribution in [-0.4, -0.2) is 43.5 Å². The second kappa shape index (κ2) is 6.50. The fourth-order valence-corrected chi connectivity index (χ4v) is 6.08. The zero-order chi connectivity index (χ0) is 18.4. The molecule has 3 rings (SSSR count). The second-order valence-electron chi connectivity index (χ2n) is 6.98. The molecule has 0 N–H and O–H groups in total. The van der Waals surface area contributed by atoms with Gasteiger partial charge >= 0.3 is 0 Å². The van der Waals surface area contributed by atoms with E-state index in [9.17, 15) is 22.0 Å². The van der Waals surface area contributed by atoms with Crippen molar-refractivity contribution in [3.8, 4) is 0 Å². The van der Waals surface area contributed by atoms with E-state index in [0.29, 0.717) is 12.8 Å². The Labute approximate surface area is 151 Å². The molecule has 1 saturated carbocycles. The number of carbonyl (C=O) groups is 1. The number of likely N-dealkylation sites (tertiary alicyclic amines) is 1. The highest BCUT2D eigenvalue weighted by Crippen LogP contribution is 2.38. The van der Waals surface area contributed by atoms with Gasteiger partial charge in [-0.05, 0) is 43.9 Å². The van der Waals surface area contributed by atoms with Gasteiger partial charge in [0.15, 0.2) is 9.84 Å². The molecule has 138 valence electrons. The number of halogens is 3. The fraction of sp³-hybridized carbons (Fsp3) is 0.588. The van der Waals surface area contributed by atoms with Crippen molar-refractivity contribution >= 4 is 27.3 Å².